The van der Waals surface area contributed by atoms with Crippen LogP contribution in [0.25, 0.3) is 16.8 Å². The Morgan fingerprint density at radius 1 is 0.682 bits per heavy atom. The lowest BCUT2D eigenvalue weighted by Gasteiger charge is -2.38. The molecule has 2 heterocycles. The number of hydrogen-bond donors (Lipinski definition) is 0. The number of piperazine rings is 1. The number of hydrogen-bond acceptors (Lipinski definition) is 6. The second-order valence-corrected chi connectivity index (χ2v) is 11.1. The van der Waals surface area contributed by atoms with Gasteiger partial charge in [0.25, 0.3) is 0 Å². The number of anilines is 2. The third kappa shape index (κ3) is 4.82. The van der Waals surface area contributed by atoms with Crippen molar-refractivity contribution in [3.8, 4) is 11.5 Å². The predicted octanol–water partition coefficient (Wildman–Crippen LogP) is 7.31. The average Bonchev–Trinajstić information content (AvgIpc) is 3.11. The normalized spacial score (nSPS) is 17.6. The number of ether oxygens (including phenoxy) is 3. The molecule has 0 aliphatic carbocycles. The highest BCUT2D eigenvalue weighted by atomic mass is 16.5. The third-order valence-corrected chi connectivity index (χ3v) is 8.81. The molecule has 7 rings (SSSR count). The lowest BCUT2D eigenvalue weighted by atomic mass is 9.83. The Balaban J connectivity index is 1.17. The molecular formula is C38H34N2O4. The van der Waals surface area contributed by atoms with Crippen LogP contribution < -0.4 is 19.3 Å². The maximum absolute atomic E-state index is 12.4. The van der Waals surface area contributed by atoms with Gasteiger partial charge in [0.1, 0.15) is 11.5 Å². The Kier molecular flexibility index (Phi) is 7.18. The van der Waals surface area contributed by atoms with E-state index < -0.39 is 5.60 Å². The number of carbonyl (C=O) groups is 1. The van der Waals surface area contributed by atoms with E-state index in [4.69, 9.17) is 14.2 Å². The van der Waals surface area contributed by atoms with Gasteiger partial charge in [-0.15, -0.1) is 0 Å². The minimum absolute atomic E-state index is 0.350. The zero-order valence-corrected chi connectivity index (χ0v) is 24.9. The van der Waals surface area contributed by atoms with E-state index in [0.717, 1.165) is 65.1 Å². The molecule has 2 aliphatic heterocycles. The summed E-state index contributed by atoms with van der Waals surface area (Å²) in [7, 11) is 3.10. The van der Waals surface area contributed by atoms with E-state index in [1.807, 2.05) is 54.6 Å². The molecule has 220 valence electrons. The first-order chi connectivity index (χ1) is 21.6. The smallest absolute Gasteiger partial charge is 0.338 e. The lowest BCUT2D eigenvalue weighted by molar-refractivity contribution is 0.0603. The van der Waals surface area contributed by atoms with E-state index in [2.05, 4.69) is 70.5 Å². The summed E-state index contributed by atoms with van der Waals surface area (Å²) < 4.78 is 17.3. The fourth-order valence-corrected chi connectivity index (χ4v) is 6.42. The van der Waals surface area contributed by atoms with Crippen molar-refractivity contribution in [2.24, 2.45) is 0 Å². The fourth-order valence-electron chi connectivity index (χ4n) is 6.42. The summed E-state index contributed by atoms with van der Waals surface area (Å²) >= 11 is 0. The molecule has 5 aromatic carbocycles. The summed E-state index contributed by atoms with van der Waals surface area (Å²) in [4.78, 5) is 17.3. The minimum Gasteiger partial charge on any atom is -0.497 e. The van der Waals surface area contributed by atoms with Crippen LogP contribution in [0, 0.1) is 0 Å². The van der Waals surface area contributed by atoms with Gasteiger partial charge in [-0.3, -0.25) is 0 Å². The molecule has 1 saturated heterocycles. The van der Waals surface area contributed by atoms with Crippen LogP contribution in [0.1, 0.15) is 27.0 Å². The first-order valence-corrected chi connectivity index (χ1v) is 14.9. The number of esters is 1. The molecule has 1 atom stereocenters. The molecule has 0 spiro atoms. The number of fused-ring (bicyclic) bond motifs is 3. The number of carbonyl (C=O) groups excluding carboxylic acids is 1. The summed E-state index contributed by atoms with van der Waals surface area (Å²) in [6, 6.07) is 37.0. The highest BCUT2D eigenvalue weighted by molar-refractivity contribution is 6.07. The molecule has 44 heavy (non-hydrogen) atoms. The van der Waals surface area contributed by atoms with E-state index in [1.165, 1.54) is 18.5 Å². The molecule has 6 nitrogen and oxygen atoms in total. The van der Waals surface area contributed by atoms with E-state index in [9.17, 15) is 4.79 Å². The standard InChI is InChI=1S/C38H34N2O4/c1-42-31-17-15-30(16-18-31)40-25-23-39(24-26-40)29-13-11-28(12-14-29)38(27-7-4-3-5-8-27)22-21-34-32-9-6-10-35(37(41)43-2)33(32)19-20-36(34)44-38/h3-22H,23-26H2,1-2H3. The quantitative estimate of drug-likeness (QED) is 0.196. The van der Waals surface area contributed by atoms with Crippen molar-refractivity contribution in [2.75, 3.05) is 50.2 Å². The van der Waals surface area contributed by atoms with Gasteiger partial charge in [0.2, 0.25) is 0 Å². The molecule has 0 aromatic heterocycles. The van der Waals surface area contributed by atoms with Gasteiger partial charge in [0.05, 0.1) is 19.8 Å². The molecule has 1 unspecified atom stereocenters. The fraction of sp³-hybridized carbons (Fsp3) is 0.184. The summed E-state index contributed by atoms with van der Waals surface area (Å²) in [5, 5.41) is 1.79. The molecule has 2 aliphatic rings. The number of methoxy groups -OCH3 is 2. The van der Waals surface area contributed by atoms with E-state index >= 15 is 0 Å². The number of nitrogens with zero attached hydrogens (tertiary/aromatic N) is 2. The summed E-state index contributed by atoms with van der Waals surface area (Å²) in [6.45, 7) is 3.80. The van der Waals surface area contributed by atoms with E-state index in [0.29, 0.717) is 5.56 Å². The van der Waals surface area contributed by atoms with Crippen molar-refractivity contribution in [2.45, 2.75) is 5.60 Å². The van der Waals surface area contributed by atoms with Gasteiger partial charge >= 0.3 is 5.97 Å². The Hall–Kier alpha value is -5.23. The topological polar surface area (TPSA) is 51.2 Å². The zero-order valence-electron chi connectivity index (χ0n) is 24.9. The van der Waals surface area contributed by atoms with Crippen molar-refractivity contribution in [3.63, 3.8) is 0 Å². The average molecular weight is 583 g/mol. The van der Waals surface area contributed by atoms with Crippen LogP contribution in [0.15, 0.2) is 115 Å². The number of benzene rings is 5. The van der Waals surface area contributed by atoms with Crippen LogP contribution >= 0.6 is 0 Å². The van der Waals surface area contributed by atoms with E-state index in [1.54, 1.807) is 13.2 Å². The maximum atomic E-state index is 12.4. The predicted molar refractivity (Wildman–Crippen MR) is 176 cm³/mol. The Morgan fingerprint density at radius 2 is 1.32 bits per heavy atom. The van der Waals surface area contributed by atoms with Crippen LogP contribution in [0.4, 0.5) is 11.4 Å². The SMILES string of the molecule is COC(=O)c1cccc2c3c(ccc12)OC(c1ccccc1)(c1ccc(N2CCN(c4ccc(OC)cc4)CC2)cc1)C=C3. The van der Waals surface area contributed by atoms with Crippen molar-refractivity contribution in [1.29, 1.82) is 0 Å². The van der Waals surface area contributed by atoms with Crippen molar-refractivity contribution in [3.05, 3.63) is 138 Å². The van der Waals surface area contributed by atoms with Crippen LogP contribution in [-0.4, -0.2) is 46.4 Å². The first-order valence-electron chi connectivity index (χ1n) is 14.9. The van der Waals surface area contributed by atoms with Crippen molar-refractivity contribution >= 4 is 34.2 Å². The van der Waals surface area contributed by atoms with Gasteiger partial charge in [-0.1, -0.05) is 54.6 Å². The van der Waals surface area contributed by atoms with Gasteiger partial charge in [0.15, 0.2) is 5.60 Å². The van der Waals surface area contributed by atoms with E-state index in [-0.39, 0.29) is 5.97 Å². The molecule has 6 heteroatoms. The Labute approximate surface area is 257 Å². The lowest BCUT2D eigenvalue weighted by Crippen LogP contribution is -2.46. The molecule has 0 bridgehead atoms. The zero-order chi connectivity index (χ0) is 30.1. The summed E-state index contributed by atoms with van der Waals surface area (Å²) in [6.07, 6.45) is 4.26. The van der Waals surface area contributed by atoms with Gasteiger partial charge in [0, 0.05) is 54.2 Å². The maximum Gasteiger partial charge on any atom is 0.338 e. The second-order valence-electron chi connectivity index (χ2n) is 11.1. The van der Waals surface area contributed by atoms with Gasteiger partial charge in [-0.05, 0) is 77.5 Å². The highest BCUT2D eigenvalue weighted by Gasteiger charge is 2.37. The number of rotatable bonds is 6. The van der Waals surface area contributed by atoms with Crippen LogP contribution in [0.5, 0.6) is 11.5 Å². The second kappa shape index (κ2) is 11.5. The van der Waals surface area contributed by atoms with Gasteiger partial charge in [-0.2, -0.15) is 0 Å². The molecule has 0 radical (unpaired) electrons. The minimum atomic E-state index is -0.798. The highest BCUT2D eigenvalue weighted by Crippen LogP contribution is 2.45. The van der Waals surface area contributed by atoms with Crippen LogP contribution in [0.3, 0.4) is 0 Å². The van der Waals surface area contributed by atoms with Gasteiger partial charge < -0.3 is 24.0 Å². The molecule has 0 N–H and O–H groups in total. The molecule has 0 saturated carbocycles. The van der Waals surface area contributed by atoms with Gasteiger partial charge in [-0.25, -0.2) is 4.79 Å². The third-order valence-electron chi connectivity index (χ3n) is 8.81. The molecular weight excluding hydrogens is 548 g/mol. The van der Waals surface area contributed by atoms with Crippen LogP contribution in [-0.2, 0) is 10.3 Å². The summed E-state index contributed by atoms with van der Waals surface area (Å²) in [5.74, 6) is 1.30. The molecule has 5 aromatic rings. The largest absolute Gasteiger partial charge is 0.497 e. The molecule has 0 amide bonds. The van der Waals surface area contributed by atoms with Crippen molar-refractivity contribution < 1.29 is 19.0 Å². The monoisotopic (exact) mass is 582 g/mol. The Morgan fingerprint density at radius 3 is 1.95 bits per heavy atom. The Bertz CT molecular complexity index is 1830. The summed E-state index contributed by atoms with van der Waals surface area (Å²) in [5.41, 5.74) is 5.22. The van der Waals surface area contributed by atoms with Crippen molar-refractivity contribution in [1.82, 2.24) is 0 Å². The first kappa shape index (κ1) is 27.6. The molecule has 1 fully saturated rings. The van der Waals surface area contributed by atoms with Crippen LogP contribution in [0.2, 0.25) is 0 Å².